The number of anilines is 1. The third-order valence-electron chi connectivity index (χ3n) is 3.98. The van der Waals surface area contributed by atoms with E-state index in [1.165, 1.54) is 0 Å². The van der Waals surface area contributed by atoms with Crippen LogP contribution in [0.15, 0.2) is 34.7 Å². The van der Waals surface area contributed by atoms with Crippen molar-refractivity contribution in [2.24, 2.45) is 0 Å². The Bertz CT molecular complexity index is 1040. The molecule has 31 heavy (non-hydrogen) atoms. The largest absolute Gasteiger partial charge is 0.490 e. The van der Waals surface area contributed by atoms with Gasteiger partial charge in [-0.25, -0.2) is 0 Å². The van der Waals surface area contributed by atoms with E-state index >= 15 is 0 Å². The van der Waals surface area contributed by atoms with Gasteiger partial charge in [-0.3, -0.25) is 10.1 Å². The van der Waals surface area contributed by atoms with Crippen LogP contribution in [-0.4, -0.2) is 35.9 Å². The predicted octanol–water partition coefficient (Wildman–Crippen LogP) is 5.49. The minimum atomic E-state index is -0.484. The summed E-state index contributed by atoms with van der Waals surface area (Å²) in [6.07, 6.45) is 0. The van der Waals surface area contributed by atoms with E-state index in [0.717, 1.165) is 0 Å². The number of rotatable bonds is 9. The molecule has 164 valence electrons. The molecule has 3 rings (SSSR count). The van der Waals surface area contributed by atoms with Crippen LogP contribution in [0.3, 0.4) is 0 Å². The molecule has 0 atom stereocenters. The number of nitrogens with zero attached hydrogens (tertiary/aromatic N) is 2. The maximum absolute atomic E-state index is 12.8. The molecule has 3 aromatic rings. The molecule has 0 saturated carbocycles. The number of halogens is 2. The molecular formula is C21H21Cl2N3O5. The van der Waals surface area contributed by atoms with Gasteiger partial charge in [-0.1, -0.05) is 28.3 Å². The molecule has 10 heteroatoms. The summed E-state index contributed by atoms with van der Waals surface area (Å²) in [6, 6.07) is 7.91. The third-order valence-corrected chi connectivity index (χ3v) is 4.53. The zero-order chi connectivity index (χ0) is 22.4. The fourth-order valence-electron chi connectivity index (χ4n) is 2.73. The van der Waals surface area contributed by atoms with Crippen LogP contribution in [0, 0.1) is 0 Å². The fraction of sp³-hybridized carbons (Fsp3) is 0.286. The number of amides is 1. The van der Waals surface area contributed by atoms with Crippen LogP contribution < -0.4 is 19.5 Å². The zero-order valence-corrected chi connectivity index (χ0v) is 18.7. The van der Waals surface area contributed by atoms with Crippen molar-refractivity contribution in [1.29, 1.82) is 0 Å². The molecule has 2 aromatic carbocycles. The van der Waals surface area contributed by atoms with E-state index in [1.807, 2.05) is 20.8 Å². The van der Waals surface area contributed by atoms with Crippen LogP contribution in [-0.2, 0) is 0 Å². The van der Waals surface area contributed by atoms with Crippen LogP contribution in [0.1, 0.15) is 31.1 Å². The molecule has 1 aromatic heterocycles. The van der Waals surface area contributed by atoms with Crippen LogP contribution in [0.5, 0.6) is 17.2 Å². The first-order valence-corrected chi connectivity index (χ1v) is 10.4. The average Bonchev–Trinajstić information content (AvgIpc) is 3.18. The smallest absolute Gasteiger partial charge is 0.322 e. The quantitative estimate of drug-likeness (QED) is 0.445. The second kappa shape index (κ2) is 10.4. The molecular weight excluding hydrogens is 445 g/mol. The van der Waals surface area contributed by atoms with Crippen molar-refractivity contribution < 1.29 is 23.4 Å². The van der Waals surface area contributed by atoms with E-state index in [1.54, 1.807) is 30.3 Å². The number of hydrogen-bond donors (Lipinski definition) is 1. The zero-order valence-electron chi connectivity index (χ0n) is 17.2. The van der Waals surface area contributed by atoms with Gasteiger partial charge in [0.1, 0.15) is 0 Å². The second-order valence-electron chi connectivity index (χ2n) is 6.09. The normalized spacial score (nSPS) is 10.6. The Labute approximate surface area is 189 Å². The first-order valence-electron chi connectivity index (χ1n) is 9.63. The topological polar surface area (TPSA) is 95.7 Å². The first kappa shape index (κ1) is 22.7. The molecule has 0 spiro atoms. The van der Waals surface area contributed by atoms with Crippen molar-refractivity contribution in [3.8, 4) is 28.7 Å². The van der Waals surface area contributed by atoms with Gasteiger partial charge in [0.05, 0.1) is 30.4 Å². The summed E-state index contributed by atoms with van der Waals surface area (Å²) >= 11 is 12.1. The summed E-state index contributed by atoms with van der Waals surface area (Å²) in [7, 11) is 0. The number of aromatic nitrogens is 2. The lowest BCUT2D eigenvalue weighted by Gasteiger charge is -2.16. The minimum absolute atomic E-state index is 0.0872. The Morgan fingerprint density at radius 3 is 2.19 bits per heavy atom. The van der Waals surface area contributed by atoms with E-state index in [9.17, 15) is 4.79 Å². The van der Waals surface area contributed by atoms with E-state index in [2.05, 4.69) is 15.5 Å². The van der Waals surface area contributed by atoms with Crippen molar-refractivity contribution in [3.63, 3.8) is 0 Å². The summed E-state index contributed by atoms with van der Waals surface area (Å²) in [5, 5.41) is 11.2. The maximum Gasteiger partial charge on any atom is 0.322 e. The summed E-state index contributed by atoms with van der Waals surface area (Å²) in [6.45, 7) is 6.74. The molecule has 0 aliphatic heterocycles. The standard InChI is InChI=1S/C21H21Cl2N3O5/c1-4-28-16-9-12(10-17(29-5-2)18(16)30-6-3)19(27)24-21-26-25-20(31-21)14-8-7-13(22)11-15(14)23/h7-11H,4-6H2,1-3H3,(H,24,26,27). The molecule has 0 radical (unpaired) electrons. The highest BCUT2D eigenvalue weighted by molar-refractivity contribution is 6.36. The van der Waals surface area contributed by atoms with Crippen molar-refractivity contribution in [3.05, 3.63) is 45.9 Å². The van der Waals surface area contributed by atoms with Gasteiger partial charge < -0.3 is 18.6 Å². The van der Waals surface area contributed by atoms with Crippen LogP contribution in [0.2, 0.25) is 10.0 Å². The number of carbonyl (C=O) groups is 1. The summed E-state index contributed by atoms with van der Waals surface area (Å²) < 4.78 is 22.5. The van der Waals surface area contributed by atoms with Crippen molar-refractivity contribution in [2.45, 2.75) is 20.8 Å². The number of ether oxygens (including phenoxy) is 3. The number of carbonyl (C=O) groups excluding carboxylic acids is 1. The Hall–Kier alpha value is -2.97. The Morgan fingerprint density at radius 1 is 0.968 bits per heavy atom. The molecule has 1 N–H and O–H groups in total. The van der Waals surface area contributed by atoms with Gasteiger partial charge in [0.2, 0.25) is 5.75 Å². The van der Waals surface area contributed by atoms with Crippen molar-refractivity contribution in [1.82, 2.24) is 10.2 Å². The van der Waals surface area contributed by atoms with Gasteiger partial charge in [-0.2, -0.15) is 0 Å². The minimum Gasteiger partial charge on any atom is -0.490 e. The van der Waals surface area contributed by atoms with Gasteiger partial charge in [-0.15, -0.1) is 5.10 Å². The van der Waals surface area contributed by atoms with E-state index in [4.69, 9.17) is 41.8 Å². The number of hydrogen-bond acceptors (Lipinski definition) is 7. The lowest BCUT2D eigenvalue weighted by molar-refractivity contribution is 0.102. The molecule has 0 aliphatic carbocycles. The van der Waals surface area contributed by atoms with Gasteiger partial charge in [0, 0.05) is 10.6 Å². The Balaban J connectivity index is 1.87. The molecule has 1 heterocycles. The van der Waals surface area contributed by atoms with Crippen molar-refractivity contribution in [2.75, 3.05) is 25.1 Å². The Morgan fingerprint density at radius 2 is 1.61 bits per heavy atom. The van der Waals surface area contributed by atoms with Crippen LogP contribution in [0.4, 0.5) is 6.01 Å². The molecule has 0 fully saturated rings. The highest BCUT2D eigenvalue weighted by Gasteiger charge is 2.20. The fourth-order valence-corrected chi connectivity index (χ4v) is 3.22. The van der Waals surface area contributed by atoms with Crippen molar-refractivity contribution >= 4 is 35.1 Å². The molecule has 0 aliphatic rings. The lowest BCUT2D eigenvalue weighted by Crippen LogP contribution is -2.13. The van der Waals surface area contributed by atoms with E-state index in [-0.39, 0.29) is 17.5 Å². The molecule has 0 saturated heterocycles. The van der Waals surface area contributed by atoms with E-state index < -0.39 is 5.91 Å². The number of benzene rings is 2. The summed E-state index contributed by atoms with van der Waals surface area (Å²) in [4.78, 5) is 12.8. The monoisotopic (exact) mass is 465 g/mol. The molecule has 1 amide bonds. The lowest BCUT2D eigenvalue weighted by atomic mass is 10.1. The molecule has 0 bridgehead atoms. The second-order valence-corrected chi connectivity index (χ2v) is 6.93. The SMILES string of the molecule is CCOc1cc(C(=O)Nc2nnc(-c3ccc(Cl)cc3Cl)o2)cc(OCC)c1OCC. The summed E-state index contributed by atoms with van der Waals surface area (Å²) in [5.41, 5.74) is 0.775. The predicted molar refractivity (Wildman–Crippen MR) is 118 cm³/mol. The summed E-state index contributed by atoms with van der Waals surface area (Å²) in [5.74, 6) is 0.912. The van der Waals surface area contributed by atoms with Gasteiger partial charge in [0.15, 0.2) is 11.5 Å². The highest BCUT2D eigenvalue weighted by Crippen LogP contribution is 2.39. The first-order chi connectivity index (χ1) is 15.0. The van der Waals surface area contributed by atoms with Gasteiger partial charge in [-0.05, 0) is 51.1 Å². The number of nitrogens with one attached hydrogen (secondary N) is 1. The Kier molecular flexibility index (Phi) is 7.59. The third kappa shape index (κ3) is 5.39. The van der Waals surface area contributed by atoms with E-state index in [0.29, 0.717) is 52.7 Å². The average molecular weight is 466 g/mol. The molecule has 8 nitrogen and oxygen atoms in total. The van der Waals surface area contributed by atoms with Crippen LogP contribution in [0.25, 0.3) is 11.5 Å². The van der Waals surface area contributed by atoms with Gasteiger partial charge >= 0.3 is 6.01 Å². The highest BCUT2D eigenvalue weighted by atomic mass is 35.5. The van der Waals surface area contributed by atoms with Gasteiger partial charge in [0.25, 0.3) is 11.8 Å². The van der Waals surface area contributed by atoms with Crippen LogP contribution >= 0.6 is 23.2 Å². The molecule has 0 unspecified atom stereocenters. The maximum atomic E-state index is 12.8.